The van der Waals surface area contributed by atoms with Crippen LogP contribution in [0.4, 0.5) is 0 Å². The maximum atomic E-state index is 11.9. The van der Waals surface area contributed by atoms with E-state index in [0.717, 1.165) is 17.5 Å². The van der Waals surface area contributed by atoms with Gasteiger partial charge in [-0.15, -0.1) is 11.3 Å². The van der Waals surface area contributed by atoms with E-state index < -0.39 is 0 Å². The Labute approximate surface area is 118 Å². The molecule has 0 atom stereocenters. The molecule has 0 aliphatic rings. The van der Waals surface area contributed by atoms with Gasteiger partial charge in [-0.3, -0.25) is 4.79 Å². The van der Waals surface area contributed by atoms with Crippen LogP contribution >= 0.6 is 11.3 Å². The molecule has 1 aromatic heterocycles. The molecule has 1 heterocycles. The molecule has 2 aromatic rings. The zero-order chi connectivity index (χ0) is 13.7. The van der Waals surface area contributed by atoms with Gasteiger partial charge in [0.25, 0.3) is 0 Å². The third-order valence-electron chi connectivity index (χ3n) is 3.13. The molecule has 0 N–H and O–H groups in total. The van der Waals surface area contributed by atoms with Crippen molar-refractivity contribution in [3.63, 3.8) is 0 Å². The number of ketones is 1. The summed E-state index contributed by atoms with van der Waals surface area (Å²) in [5, 5.41) is 2.05. The Balaban J connectivity index is 1.79. The standard InChI is InChI=1S/C16H18O2S/c1-12-5-6-14(10-13(12)2)16(17)11-18-8-7-15-4-3-9-19-15/h3-6,9-10H,7-8,11H2,1-2H3. The summed E-state index contributed by atoms with van der Waals surface area (Å²) < 4.78 is 5.45. The zero-order valence-electron chi connectivity index (χ0n) is 11.3. The smallest absolute Gasteiger partial charge is 0.188 e. The molecule has 0 fully saturated rings. The van der Waals surface area contributed by atoms with Gasteiger partial charge in [0.2, 0.25) is 0 Å². The molecule has 3 heteroatoms. The van der Waals surface area contributed by atoms with Crippen LogP contribution in [0.5, 0.6) is 0 Å². The Kier molecular flexibility index (Phi) is 4.88. The molecule has 100 valence electrons. The van der Waals surface area contributed by atoms with Gasteiger partial charge in [-0.05, 0) is 42.5 Å². The van der Waals surface area contributed by atoms with Gasteiger partial charge in [-0.1, -0.05) is 18.2 Å². The first-order valence-corrected chi connectivity index (χ1v) is 7.25. The number of thiophene rings is 1. The molecule has 1 aromatic carbocycles. The number of hydrogen-bond donors (Lipinski definition) is 0. The number of carbonyl (C=O) groups is 1. The third-order valence-corrected chi connectivity index (χ3v) is 4.07. The van der Waals surface area contributed by atoms with E-state index in [-0.39, 0.29) is 12.4 Å². The lowest BCUT2D eigenvalue weighted by Gasteiger charge is -2.05. The van der Waals surface area contributed by atoms with Gasteiger partial charge in [0, 0.05) is 16.9 Å². The highest BCUT2D eigenvalue weighted by molar-refractivity contribution is 7.09. The van der Waals surface area contributed by atoms with Crippen LogP contribution < -0.4 is 0 Å². The molecule has 0 amide bonds. The fourth-order valence-corrected chi connectivity index (χ4v) is 2.48. The third kappa shape index (κ3) is 4.01. The lowest BCUT2D eigenvalue weighted by molar-refractivity contribution is 0.0766. The summed E-state index contributed by atoms with van der Waals surface area (Å²) in [7, 11) is 0. The second-order valence-electron chi connectivity index (χ2n) is 4.60. The number of aryl methyl sites for hydroxylation is 2. The van der Waals surface area contributed by atoms with Crippen molar-refractivity contribution in [2.45, 2.75) is 20.3 Å². The van der Waals surface area contributed by atoms with Crippen molar-refractivity contribution in [3.05, 3.63) is 57.3 Å². The number of carbonyl (C=O) groups excluding carboxylic acids is 1. The summed E-state index contributed by atoms with van der Waals surface area (Å²) in [5.41, 5.74) is 3.08. The Hall–Kier alpha value is -1.45. The monoisotopic (exact) mass is 274 g/mol. The van der Waals surface area contributed by atoms with Crippen LogP contribution in [0.1, 0.15) is 26.4 Å². The zero-order valence-corrected chi connectivity index (χ0v) is 12.1. The van der Waals surface area contributed by atoms with E-state index in [2.05, 4.69) is 11.4 Å². The summed E-state index contributed by atoms with van der Waals surface area (Å²) in [6.07, 6.45) is 0.873. The maximum absolute atomic E-state index is 11.9. The minimum absolute atomic E-state index is 0.0503. The lowest BCUT2D eigenvalue weighted by atomic mass is 10.0. The summed E-state index contributed by atoms with van der Waals surface area (Å²) in [6.45, 7) is 4.82. The van der Waals surface area contributed by atoms with Crippen LogP contribution in [0.25, 0.3) is 0 Å². The minimum atomic E-state index is 0.0503. The van der Waals surface area contributed by atoms with Gasteiger partial charge in [0.05, 0.1) is 6.61 Å². The Morgan fingerprint density at radius 2 is 2.05 bits per heavy atom. The number of hydrogen-bond acceptors (Lipinski definition) is 3. The van der Waals surface area contributed by atoms with Gasteiger partial charge in [-0.2, -0.15) is 0 Å². The van der Waals surface area contributed by atoms with E-state index in [1.54, 1.807) is 11.3 Å². The average Bonchev–Trinajstić information content (AvgIpc) is 2.91. The molecular formula is C16H18O2S. The van der Waals surface area contributed by atoms with Crippen LogP contribution in [-0.2, 0) is 11.2 Å². The first-order chi connectivity index (χ1) is 9.16. The molecule has 19 heavy (non-hydrogen) atoms. The molecule has 2 rings (SSSR count). The maximum Gasteiger partial charge on any atom is 0.188 e. The number of rotatable bonds is 6. The van der Waals surface area contributed by atoms with Crippen LogP contribution in [0, 0.1) is 13.8 Å². The quantitative estimate of drug-likeness (QED) is 0.591. The summed E-state index contributed by atoms with van der Waals surface area (Å²) >= 11 is 1.72. The highest BCUT2D eigenvalue weighted by Crippen LogP contribution is 2.11. The number of ether oxygens (including phenoxy) is 1. The van der Waals surface area contributed by atoms with E-state index in [0.29, 0.717) is 6.61 Å². The second-order valence-corrected chi connectivity index (χ2v) is 5.64. The van der Waals surface area contributed by atoms with Crippen molar-refractivity contribution >= 4 is 17.1 Å². The van der Waals surface area contributed by atoms with Gasteiger partial charge in [0.1, 0.15) is 6.61 Å². The van der Waals surface area contributed by atoms with Crippen LogP contribution in [-0.4, -0.2) is 19.0 Å². The van der Waals surface area contributed by atoms with Crippen molar-refractivity contribution in [1.82, 2.24) is 0 Å². The second kappa shape index (κ2) is 6.64. The molecule has 0 aliphatic heterocycles. The highest BCUT2D eigenvalue weighted by atomic mass is 32.1. The largest absolute Gasteiger partial charge is 0.373 e. The van der Waals surface area contributed by atoms with E-state index in [1.165, 1.54) is 10.4 Å². The van der Waals surface area contributed by atoms with E-state index in [9.17, 15) is 4.79 Å². The van der Waals surface area contributed by atoms with Crippen molar-refractivity contribution in [2.24, 2.45) is 0 Å². The number of Topliss-reactive ketones (excluding diaryl/α,β-unsaturated/α-hetero) is 1. The van der Waals surface area contributed by atoms with Crippen molar-refractivity contribution in [3.8, 4) is 0 Å². The van der Waals surface area contributed by atoms with Crippen LogP contribution in [0.2, 0.25) is 0 Å². The molecule has 2 nitrogen and oxygen atoms in total. The lowest BCUT2D eigenvalue weighted by Crippen LogP contribution is -2.11. The summed E-state index contributed by atoms with van der Waals surface area (Å²) in [5.74, 6) is 0.0503. The molecule has 0 bridgehead atoms. The molecule has 0 unspecified atom stereocenters. The highest BCUT2D eigenvalue weighted by Gasteiger charge is 2.07. The van der Waals surface area contributed by atoms with Gasteiger partial charge in [0.15, 0.2) is 5.78 Å². The van der Waals surface area contributed by atoms with Gasteiger partial charge in [-0.25, -0.2) is 0 Å². The van der Waals surface area contributed by atoms with Gasteiger partial charge >= 0.3 is 0 Å². The molecule has 0 spiro atoms. The predicted molar refractivity (Wildman–Crippen MR) is 79.1 cm³/mol. The molecule has 0 saturated heterocycles. The first-order valence-electron chi connectivity index (χ1n) is 6.37. The predicted octanol–water partition coefficient (Wildman–Crippen LogP) is 3.81. The Bertz CT molecular complexity index is 544. The fourth-order valence-electron chi connectivity index (χ4n) is 1.79. The number of benzene rings is 1. The SMILES string of the molecule is Cc1ccc(C(=O)COCCc2cccs2)cc1C. The van der Waals surface area contributed by atoms with Crippen LogP contribution in [0.3, 0.4) is 0 Å². The summed E-state index contributed by atoms with van der Waals surface area (Å²) in [6, 6.07) is 9.89. The normalized spacial score (nSPS) is 10.6. The average molecular weight is 274 g/mol. The van der Waals surface area contributed by atoms with E-state index >= 15 is 0 Å². The fraction of sp³-hybridized carbons (Fsp3) is 0.312. The molecule has 0 saturated carbocycles. The van der Waals surface area contributed by atoms with E-state index in [1.807, 2.05) is 38.1 Å². The van der Waals surface area contributed by atoms with Gasteiger partial charge < -0.3 is 4.74 Å². The van der Waals surface area contributed by atoms with Crippen molar-refractivity contribution in [2.75, 3.05) is 13.2 Å². The van der Waals surface area contributed by atoms with E-state index in [4.69, 9.17) is 4.74 Å². The topological polar surface area (TPSA) is 26.3 Å². The van der Waals surface area contributed by atoms with Crippen molar-refractivity contribution < 1.29 is 9.53 Å². The Morgan fingerprint density at radius 3 is 2.74 bits per heavy atom. The van der Waals surface area contributed by atoms with Crippen LogP contribution in [0.15, 0.2) is 35.7 Å². The molecule has 0 radical (unpaired) electrons. The molecular weight excluding hydrogens is 256 g/mol. The molecule has 0 aliphatic carbocycles. The Morgan fingerprint density at radius 1 is 1.21 bits per heavy atom. The van der Waals surface area contributed by atoms with Crippen molar-refractivity contribution in [1.29, 1.82) is 0 Å². The summed E-state index contributed by atoms with van der Waals surface area (Å²) in [4.78, 5) is 13.2. The minimum Gasteiger partial charge on any atom is -0.373 e. The first kappa shape index (κ1) is 14.0.